The van der Waals surface area contributed by atoms with E-state index in [0.29, 0.717) is 13.2 Å². The second-order valence-electron chi connectivity index (χ2n) is 5.09. The van der Waals surface area contributed by atoms with E-state index in [1.54, 1.807) is 0 Å². The predicted molar refractivity (Wildman–Crippen MR) is 76.1 cm³/mol. The third kappa shape index (κ3) is 2.04. The summed E-state index contributed by atoms with van der Waals surface area (Å²) in [5.74, 6) is 1.55. The quantitative estimate of drug-likeness (QED) is 0.907. The van der Waals surface area contributed by atoms with Crippen LogP contribution in [-0.4, -0.2) is 23.0 Å². The van der Waals surface area contributed by atoms with Crippen molar-refractivity contribution >= 4 is 0 Å². The molecule has 20 heavy (non-hydrogen) atoms. The first kappa shape index (κ1) is 13.0. The summed E-state index contributed by atoms with van der Waals surface area (Å²) in [5, 5.41) is 4.43. The van der Waals surface area contributed by atoms with Gasteiger partial charge in [-0.2, -0.15) is 5.10 Å². The first-order valence-corrected chi connectivity index (χ1v) is 6.73. The second-order valence-corrected chi connectivity index (χ2v) is 5.09. The molecule has 1 unspecified atom stereocenters. The van der Waals surface area contributed by atoms with Crippen LogP contribution in [-0.2, 0) is 7.05 Å². The fourth-order valence-corrected chi connectivity index (χ4v) is 2.66. The van der Waals surface area contributed by atoms with Gasteiger partial charge in [0.1, 0.15) is 13.2 Å². The molecule has 0 radical (unpaired) electrons. The van der Waals surface area contributed by atoms with Crippen molar-refractivity contribution in [3.63, 3.8) is 0 Å². The van der Waals surface area contributed by atoms with Crippen LogP contribution in [0.25, 0.3) is 0 Å². The van der Waals surface area contributed by atoms with E-state index in [-0.39, 0.29) is 6.04 Å². The lowest BCUT2D eigenvalue weighted by Crippen LogP contribution is -2.17. The van der Waals surface area contributed by atoms with Gasteiger partial charge in [0, 0.05) is 18.3 Å². The van der Waals surface area contributed by atoms with Crippen molar-refractivity contribution in [1.29, 1.82) is 0 Å². The number of nitrogens with two attached hydrogens (primary N) is 1. The molecule has 0 spiro atoms. The van der Waals surface area contributed by atoms with Crippen LogP contribution in [0.5, 0.6) is 11.5 Å². The Morgan fingerprint density at radius 2 is 1.90 bits per heavy atom. The molecule has 1 atom stereocenters. The number of ether oxygens (including phenoxy) is 2. The Hall–Kier alpha value is -2.01. The van der Waals surface area contributed by atoms with Gasteiger partial charge in [-0.05, 0) is 31.5 Å². The topological polar surface area (TPSA) is 62.3 Å². The summed E-state index contributed by atoms with van der Waals surface area (Å²) >= 11 is 0. The van der Waals surface area contributed by atoms with Gasteiger partial charge < -0.3 is 15.2 Å². The lowest BCUT2D eigenvalue weighted by atomic mass is 9.97. The third-order valence-corrected chi connectivity index (χ3v) is 3.80. The molecule has 2 heterocycles. The molecule has 2 aromatic rings. The highest BCUT2D eigenvalue weighted by atomic mass is 16.6. The summed E-state index contributed by atoms with van der Waals surface area (Å²) in [7, 11) is 1.93. The van der Waals surface area contributed by atoms with Crippen molar-refractivity contribution < 1.29 is 9.47 Å². The molecule has 2 N–H and O–H groups in total. The number of aromatic nitrogens is 2. The lowest BCUT2D eigenvalue weighted by molar-refractivity contribution is 0.171. The van der Waals surface area contributed by atoms with E-state index in [2.05, 4.69) is 5.10 Å². The van der Waals surface area contributed by atoms with Crippen LogP contribution < -0.4 is 15.2 Å². The van der Waals surface area contributed by atoms with Gasteiger partial charge in [-0.25, -0.2) is 0 Å². The number of nitrogens with zero attached hydrogens (tertiary/aromatic N) is 2. The maximum atomic E-state index is 6.41. The van der Waals surface area contributed by atoms with Crippen molar-refractivity contribution in [3.8, 4) is 11.5 Å². The summed E-state index contributed by atoms with van der Waals surface area (Å²) < 4.78 is 13.0. The van der Waals surface area contributed by atoms with Gasteiger partial charge in [0.15, 0.2) is 11.5 Å². The van der Waals surface area contributed by atoms with Crippen LogP contribution in [0, 0.1) is 13.8 Å². The fraction of sp³-hybridized carbons (Fsp3) is 0.400. The molecule has 1 aliphatic rings. The monoisotopic (exact) mass is 273 g/mol. The van der Waals surface area contributed by atoms with E-state index in [1.807, 2.05) is 43.8 Å². The van der Waals surface area contributed by atoms with E-state index in [9.17, 15) is 0 Å². The van der Waals surface area contributed by atoms with Crippen molar-refractivity contribution in [1.82, 2.24) is 9.78 Å². The molecule has 5 heteroatoms. The van der Waals surface area contributed by atoms with Crippen LogP contribution in [0.15, 0.2) is 18.2 Å². The Morgan fingerprint density at radius 1 is 1.20 bits per heavy atom. The van der Waals surface area contributed by atoms with E-state index >= 15 is 0 Å². The molecule has 5 nitrogen and oxygen atoms in total. The van der Waals surface area contributed by atoms with Gasteiger partial charge in [-0.1, -0.05) is 6.07 Å². The summed E-state index contributed by atoms with van der Waals surface area (Å²) in [6.07, 6.45) is 0. The molecule has 1 aliphatic heterocycles. The van der Waals surface area contributed by atoms with Crippen molar-refractivity contribution in [2.24, 2.45) is 12.8 Å². The molecular formula is C15H19N3O2. The summed E-state index contributed by atoms with van der Waals surface area (Å²) in [6.45, 7) is 5.20. The van der Waals surface area contributed by atoms with E-state index in [0.717, 1.165) is 34.0 Å². The predicted octanol–water partition coefficient (Wildman–Crippen LogP) is 1.86. The first-order chi connectivity index (χ1) is 9.58. The number of benzene rings is 1. The zero-order valence-electron chi connectivity index (χ0n) is 12.0. The van der Waals surface area contributed by atoms with Crippen molar-refractivity contribution in [2.45, 2.75) is 19.9 Å². The third-order valence-electron chi connectivity index (χ3n) is 3.80. The number of hydrogen-bond acceptors (Lipinski definition) is 4. The first-order valence-electron chi connectivity index (χ1n) is 6.73. The van der Waals surface area contributed by atoms with E-state index in [4.69, 9.17) is 15.2 Å². The van der Waals surface area contributed by atoms with Gasteiger partial charge in [0.05, 0.1) is 11.7 Å². The van der Waals surface area contributed by atoms with Crippen LogP contribution in [0.3, 0.4) is 0 Å². The Balaban J connectivity index is 2.00. The van der Waals surface area contributed by atoms with Gasteiger partial charge in [-0.15, -0.1) is 0 Å². The minimum absolute atomic E-state index is 0.209. The molecule has 1 aromatic carbocycles. The standard InChI is InChI=1S/C15H19N3O2/c1-9-14(10(2)18(3)17-9)15(16)11-4-5-12-13(8-11)20-7-6-19-12/h4-5,8,15H,6-7,16H2,1-3H3. The zero-order valence-corrected chi connectivity index (χ0v) is 12.0. The zero-order chi connectivity index (χ0) is 14.3. The molecule has 3 rings (SSSR count). The van der Waals surface area contributed by atoms with Crippen LogP contribution in [0.1, 0.15) is 28.6 Å². The Kier molecular flexibility index (Phi) is 3.14. The van der Waals surface area contributed by atoms with E-state index in [1.165, 1.54) is 0 Å². The number of fused-ring (bicyclic) bond motifs is 1. The number of aryl methyl sites for hydroxylation is 2. The Bertz CT molecular complexity index is 649. The highest BCUT2D eigenvalue weighted by Gasteiger charge is 2.20. The molecule has 0 fully saturated rings. The molecule has 0 amide bonds. The normalized spacial score (nSPS) is 15.2. The van der Waals surface area contributed by atoms with Gasteiger partial charge in [-0.3, -0.25) is 4.68 Å². The van der Waals surface area contributed by atoms with Crippen LogP contribution in [0.4, 0.5) is 0 Å². The highest BCUT2D eigenvalue weighted by molar-refractivity contribution is 5.47. The van der Waals surface area contributed by atoms with Gasteiger partial charge >= 0.3 is 0 Å². The average molecular weight is 273 g/mol. The number of hydrogen-bond donors (Lipinski definition) is 1. The molecule has 1 aromatic heterocycles. The highest BCUT2D eigenvalue weighted by Crippen LogP contribution is 2.34. The fourth-order valence-electron chi connectivity index (χ4n) is 2.66. The largest absolute Gasteiger partial charge is 0.486 e. The maximum Gasteiger partial charge on any atom is 0.161 e. The summed E-state index contributed by atoms with van der Waals surface area (Å²) in [6, 6.07) is 5.67. The molecule has 0 saturated carbocycles. The molecule has 106 valence electrons. The van der Waals surface area contributed by atoms with Crippen LogP contribution >= 0.6 is 0 Å². The average Bonchev–Trinajstić information content (AvgIpc) is 2.71. The van der Waals surface area contributed by atoms with Gasteiger partial charge in [0.2, 0.25) is 0 Å². The van der Waals surface area contributed by atoms with Crippen LogP contribution in [0.2, 0.25) is 0 Å². The molecule has 0 saturated heterocycles. The van der Waals surface area contributed by atoms with Gasteiger partial charge in [0.25, 0.3) is 0 Å². The minimum atomic E-state index is -0.209. The summed E-state index contributed by atoms with van der Waals surface area (Å²) in [5.41, 5.74) is 10.5. The van der Waals surface area contributed by atoms with E-state index < -0.39 is 0 Å². The molecular weight excluding hydrogens is 254 g/mol. The SMILES string of the molecule is Cc1nn(C)c(C)c1C(N)c1ccc2c(c1)OCCO2. The second kappa shape index (κ2) is 4.83. The Labute approximate surface area is 118 Å². The smallest absolute Gasteiger partial charge is 0.161 e. The van der Waals surface area contributed by atoms with Crippen molar-refractivity contribution in [2.75, 3.05) is 13.2 Å². The lowest BCUT2D eigenvalue weighted by Gasteiger charge is -2.20. The molecule has 0 bridgehead atoms. The maximum absolute atomic E-state index is 6.41. The summed E-state index contributed by atoms with van der Waals surface area (Å²) in [4.78, 5) is 0. The van der Waals surface area contributed by atoms with Crippen molar-refractivity contribution in [3.05, 3.63) is 40.7 Å². The Morgan fingerprint density at radius 3 is 2.55 bits per heavy atom. The number of rotatable bonds is 2. The molecule has 0 aliphatic carbocycles. The minimum Gasteiger partial charge on any atom is -0.486 e.